The fourth-order valence-corrected chi connectivity index (χ4v) is 3.08. The minimum absolute atomic E-state index is 0.0309. The van der Waals surface area contributed by atoms with E-state index in [4.69, 9.17) is 5.73 Å². The molecule has 1 aromatic rings. The molecule has 0 saturated heterocycles. The van der Waals surface area contributed by atoms with Crippen LogP contribution < -0.4 is 11.1 Å². The van der Waals surface area contributed by atoms with E-state index in [1.54, 1.807) is 0 Å². The molecule has 1 fully saturated rings. The van der Waals surface area contributed by atoms with Crippen LogP contribution in [0.5, 0.6) is 0 Å². The third-order valence-electron chi connectivity index (χ3n) is 4.53. The Hall–Kier alpha value is -1.79. The van der Waals surface area contributed by atoms with Crippen LogP contribution in [0.25, 0.3) is 0 Å². The summed E-state index contributed by atoms with van der Waals surface area (Å²) >= 11 is 0. The van der Waals surface area contributed by atoms with Crippen LogP contribution in [0, 0.1) is 17.3 Å². The van der Waals surface area contributed by atoms with Crippen molar-refractivity contribution in [2.45, 2.75) is 39.0 Å². The number of amides is 1. The van der Waals surface area contributed by atoms with E-state index in [1.165, 1.54) is 25.7 Å². The van der Waals surface area contributed by atoms with Crippen LogP contribution in [-0.4, -0.2) is 19.0 Å². The first-order valence-electron chi connectivity index (χ1n) is 7.77. The van der Waals surface area contributed by atoms with E-state index in [9.17, 15) is 4.79 Å². The van der Waals surface area contributed by atoms with E-state index < -0.39 is 0 Å². The van der Waals surface area contributed by atoms with Gasteiger partial charge in [-0.2, -0.15) is 0 Å². The van der Waals surface area contributed by atoms with Gasteiger partial charge in [0.15, 0.2) is 0 Å². The Balaban J connectivity index is 2.07. The lowest BCUT2D eigenvalue weighted by atomic mass is 9.83. The highest BCUT2D eigenvalue weighted by Gasteiger charge is 2.32. The number of nitrogens with one attached hydrogen (secondary N) is 1. The standard InChI is InChI=1S/C18H24N2O/c1-2-18(11-5-6-12-18)14-20-17(21)16-10-4-3-8-15(16)9-7-13-19/h3-4,8,10H,2,5-6,11-14,19H2,1H3,(H,20,21). The van der Waals surface area contributed by atoms with Crippen molar-refractivity contribution in [2.75, 3.05) is 13.1 Å². The zero-order chi connectivity index (χ0) is 15.1. The van der Waals surface area contributed by atoms with Gasteiger partial charge in [0, 0.05) is 12.1 Å². The lowest BCUT2D eigenvalue weighted by Crippen LogP contribution is -2.35. The van der Waals surface area contributed by atoms with Crippen LogP contribution in [0.2, 0.25) is 0 Å². The third-order valence-corrected chi connectivity index (χ3v) is 4.53. The van der Waals surface area contributed by atoms with Crippen molar-refractivity contribution in [1.82, 2.24) is 5.32 Å². The van der Waals surface area contributed by atoms with Crippen LogP contribution in [-0.2, 0) is 0 Å². The molecule has 0 bridgehead atoms. The second-order valence-electron chi connectivity index (χ2n) is 5.79. The molecule has 1 saturated carbocycles. The molecule has 1 aliphatic carbocycles. The Kier molecular flexibility index (Phi) is 5.41. The monoisotopic (exact) mass is 284 g/mol. The van der Waals surface area contributed by atoms with Crippen LogP contribution >= 0.6 is 0 Å². The zero-order valence-corrected chi connectivity index (χ0v) is 12.7. The van der Waals surface area contributed by atoms with E-state index in [-0.39, 0.29) is 5.91 Å². The molecule has 21 heavy (non-hydrogen) atoms. The summed E-state index contributed by atoms with van der Waals surface area (Å²) in [7, 11) is 0. The van der Waals surface area contributed by atoms with Crippen LogP contribution in [0.15, 0.2) is 24.3 Å². The molecule has 3 N–H and O–H groups in total. The van der Waals surface area contributed by atoms with E-state index in [2.05, 4.69) is 24.1 Å². The van der Waals surface area contributed by atoms with Crippen molar-refractivity contribution in [2.24, 2.45) is 11.1 Å². The topological polar surface area (TPSA) is 55.1 Å². The number of hydrogen-bond donors (Lipinski definition) is 2. The third kappa shape index (κ3) is 3.86. The van der Waals surface area contributed by atoms with Gasteiger partial charge in [-0.25, -0.2) is 0 Å². The second kappa shape index (κ2) is 7.28. The van der Waals surface area contributed by atoms with Crippen molar-refractivity contribution in [3.63, 3.8) is 0 Å². The number of rotatable bonds is 4. The number of carbonyl (C=O) groups is 1. The molecule has 1 amide bonds. The molecular formula is C18H24N2O. The van der Waals surface area contributed by atoms with Gasteiger partial charge in [-0.1, -0.05) is 43.7 Å². The summed E-state index contributed by atoms with van der Waals surface area (Å²) in [5.41, 5.74) is 7.09. The molecule has 3 nitrogen and oxygen atoms in total. The highest BCUT2D eigenvalue weighted by Crippen LogP contribution is 2.40. The highest BCUT2D eigenvalue weighted by molar-refractivity contribution is 5.96. The molecule has 0 spiro atoms. The number of nitrogens with two attached hydrogens (primary N) is 1. The zero-order valence-electron chi connectivity index (χ0n) is 12.7. The van der Waals surface area contributed by atoms with Gasteiger partial charge in [-0.3, -0.25) is 4.79 Å². The maximum atomic E-state index is 12.4. The van der Waals surface area contributed by atoms with Gasteiger partial charge in [0.1, 0.15) is 0 Å². The first-order chi connectivity index (χ1) is 10.2. The summed E-state index contributed by atoms with van der Waals surface area (Å²) in [4.78, 5) is 12.4. The smallest absolute Gasteiger partial charge is 0.252 e. The predicted molar refractivity (Wildman–Crippen MR) is 85.9 cm³/mol. The van der Waals surface area contributed by atoms with E-state index in [0.717, 1.165) is 18.5 Å². The molecule has 0 aromatic heterocycles. The quantitative estimate of drug-likeness (QED) is 0.835. The largest absolute Gasteiger partial charge is 0.351 e. The second-order valence-corrected chi connectivity index (χ2v) is 5.79. The predicted octanol–water partition coefficient (Wildman–Crippen LogP) is 2.70. The Morgan fingerprint density at radius 3 is 2.71 bits per heavy atom. The van der Waals surface area contributed by atoms with Crippen LogP contribution in [0.1, 0.15) is 54.9 Å². The molecule has 1 aliphatic rings. The highest BCUT2D eigenvalue weighted by atomic mass is 16.1. The Labute approximate surface area is 127 Å². The molecule has 112 valence electrons. The minimum Gasteiger partial charge on any atom is -0.351 e. The molecule has 2 rings (SSSR count). The fraction of sp³-hybridized carbons (Fsp3) is 0.500. The average molecular weight is 284 g/mol. The number of hydrogen-bond acceptors (Lipinski definition) is 2. The molecule has 0 atom stereocenters. The van der Waals surface area contributed by atoms with E-state index in [1.807, 2.05) is 24.3 Å². The molecule has 0 aliphatic heterocycles. The summed E-state index contributed by atoms with van der Waals surface area (Å²) in [5, 5.41) is 3.11. The van der Waals surface area contributed by atoms with E-state index in [0.29, 0.717) is 17.5 Å². The summed E-state index contributed by atoms with van der Waals surface area (Å²) in [5.74, 6) is 5.75. The Morgan fingerprint density at radius 1 is 1.33 bits per heavy atom. The van der Waals surface area contributed by atoms with Crippen LogP contribution in [0.4, 0.5) is 0 Å². The van der Waals surface area contributed by atoms with Crippen LogP contribution in [0.3, 0.4) is 0 Å². The molecular weight excluding hydrogens is 260 g/mol. The minimum atomic E-state index is -0.0309. The van der Waals surface area contributed by atoms with Gasteiger partial charge >= 0.3 is 0 Å². The lowest BCUT2D eigenvalue weighted by Gasteiger charge is -2.27. The Bertz CT molecular complexity index is 548. The van der Waals surface area contributed by atoms with Crippen molar-refractivity contribution < 1.29 is 4.79 Å². The van der Waals surface area contributed by atoms with E-state index >= 15 is 0 Å². The Morgan fingerprint density at radius 2 is 2.05 bits per heavy atom. The summed E-state index contributed by atoms with van der Waals surface area (Å²) in [6.45, 7) is 3.29. The maximum Gasteiger partial charge on any atom is 0.252 e. The van der Waals surface area contributed by atoms with Crippen molar-refractivity contribution >= 4 is 5.91 Å². The van der Waals surface area contributed by atoms with Gasteiger partial charge in [-0.15, -0.1) is 0 Å². The van der Waals surface area contributed by atoms with Gasteiger partial charge < -0.3 is 11.1 Å². The fourth-order valence-electron chi connectivity index (χ4n) is 3.08. The summed E-state index contributed by atoms with van der Waals surface area (Å²) in [6.07, 6.45) is 6.13. The van der Waals surface area contributed by atoms with Crippen molar-refractivity contribution in [3.05, 3.63) is 35.4 Å². The molecule has 0 heterocycles. The van der Waals surface area contributed by atoms with Gasteiger partial charge in [0.25, 0.3) is 5.91 Å². The molecule has 3 heteroatoms. The SMILES string of the molecule is CCC1(CNC(=O)c2ccccc2C#CCN)CCCC1. The number of benzene rings is 1. The lowest BCUT2D eigenvalue weighted by molar-refractivity contribution is 0.0928. The summed E-state index contributed by atoms with van der Waals surface area (Å²) < 4.78 is 0. The number of carbonyl (C=O) groups excluding carboxylic acids is 1. The molecule has 0 unspecified atom stereocenters. The normalized spacial score (nSPS) is 16.1. The van der Waals surface area contributed by atoms with Gasteiger partial charge in [0.05, 0.1) is 12.1 Å². The first kappa shape index (κ1) is 15.6. The first-order valence-corrected chi connectivity index (χ1v) is 7.77. The molecule has 0 radical (unpaired) electrons. The van der Waals surface area contributed by atoms with Gasteiger partial charge in [-0.05, 0) is 36.8 Å². The van der Waals surface area contributed by atoms with Crippen molar-refractivity contribution in [3.8, 4) is 11.8 Å². The van der Waals surface area contributed by atoms with Gasteiger partial charge in [0.2, 0.25) is 0 Å². The molecule has 1 aromatic carbocycles. The summed E-state index contributed by atoms with van der Waals surface area (Å²) in [6, 6.07) is 7.45. The maximum absolute atomic E-state index is 12.4. The van der Waals surface area contributed by atoms with Crippen molar-refractivity contribution in [1.29, 1.82) is 0 Å². The average Bonchev–Trinajstić information content (AvgIpc) is 3.00.